The van der Waals surface area contributed by atoms with Crippen molar-refractivity contribution >= 4 is 5.91 Å². The van der Waals surface area contributed by atoms with Gasteiger partial charge in [-0.05, 0) is 26.0 Å². The van der Waals surface area contributed by atoms with Crippen molar-refractivity contribution in [2.75, 3.05) is 13.6 Å². The zero-order valence-electron chi connectivity index (χ0n) is 11.4. The minimum atomic E-state index is -0.682. The second-order valence-corrected chi connectivity index (χ2v) is 4.88. The standard InChI is InChI=1S/C14H19NO4/c1-9(16)8-15(3)14(17)13-10(2)18-11-6-4-5-7-12(11)19-13/h4-7,9-10,13,16H,8H2,1-3H3. The molecule has 0 bridgehead atoms. The molecule has 19 heavy (non-hydrogen) atoms. The second kappa shape index (κ2) is 5.48. The Kier molecular flexibility index (Phi) is 3.95. The first kappa shape index (κ1) is 13.7. The van der Waals surface area contributed by atoms with Crippen molar-refractivity contribution in [2.24, 2.45) is 0 Å². The predicted octanol–water partition coefficient (Wildman–Crippen LogP) is 1.05. The van der Waals surface area contributed by atoms with Crippen LogP contribution in [0.25, 0.3) is 0 Å². The average Bonchev–Trinajstić information content (AvgIpc) is 2.36. The number of nitrogens with zero attached hydrogens (tertiary/aromatic N) is 1. The molecule has 0 fully saturated rings. The van der Waals surface area contributed by atoms with Gasteiger partial charge in [0.2, 0.25) is 6.10 Å². The van der Waals surface area contributed by atoms with Crippen molar-refractivity contribution in [3.05, 3.63) is 24.3 Å². The lowest BCUT2D eigenvalue weighted by Crippen LogP contribution is -2.50. The molecule has 1 heterocycles. The van der Waals surface area contributed by atoms with Crippen LogP contribution in [0.3, 0.4) is 0 Å². The van der Waals surface area contributed by atoms with E-state index in [1.165, 1.54) is 4.90 Å². The van der Waals surface area contributed by atoms with Gasteiger partial charge in [0.1, 0.15) is 6.10 Å². The number of amides is 1. The van der Waals surface area contributed by atoms with E-state index in [4.69, 9.17) is 9.47 Å². The third-order valence-electron chi connectivity index (χ3n) is 3.00. The van der Waals surface area contributed by atoms with Crippen LogP contribution < -0.4 is 9.47 Å². The monoisotopic (exact) mass is 265 g/mol. The first-order valence-electron chi connectivity index (χ1n) is 6.34. The maximum absolute atomic E-state index is 12.3. The zero-order valence-corrected chi connectivity index (χ0v) is 11.4. The molecule has 0 spiro atoms. The Morgan fingerprint density at radius 1 is 1.37 bits per heavy atom. The number of fused-ring (bicyclic) bond motifs is 1. The van der Waals surface area contributed by atoms with Crippen LogP contribution in [-0.4, -0.2) is 47.8 Å². The second-order valence-electron chi connectivity index (χ2n) is 4.88. The highest BCUT2D eigenvalue weighted by Crippen LogP contribution is 2.33. The van der Waals surface area contributed by atoms with Gasteiger partial charge in [0, 0.05) is 13.6 Å². The van der Waals surface area contributed by atoms with Gasteiger partial charge >= 0.3 is 0 Å². The Labute approximate surface area is 112 Å². The van der Waals surface area contributed by atoms with Crippen LogP contribution in [0.1, 0.15) is 13.8 Å². The number of rotatable bonds is 3. The lowest BCUT2D eigenvalue weighted by atomic mass is 10.1. The molecular formula is C14H19NO4. The van der Waals surface area contributed by atoms with Gasteiger partial charge in [-0.25, -0.2) is 0 Å². The van der Waals surface area contributed by atoms with E-state index in [0.29, 0.717) is 11.5 Å². The number of carbonyl (C=O) groups excluding carboxylic acids is 1. The summed E-state index contributed by atoms with van der Waals surface area (Å²) in [4.78, 5) is 13.7. The smallest absolute Gasteiger partial charge is 0.267 e. The van der Waals surface area contributed by atoms with E-state index in [2.05, 4.69) is 0 Å². The molecule has 1 aliphatic rings. The summed E-state index contributed by atoms with van der Waals surface area (Å²) in [6.07, 6.45) is -1.61. The molecule has 0 aliphatic carbocycles. The average molecular weight is 265 g/mol. The fraction of sp³-hybridized carbons (Fsp3) is 0.500. The molecule has 1 aliphatic heterocycles. The lowest BCUT2D eigenvalue weighted by Gasteiger charge is -2.33. The van der Waals surface area contributed by atoms with E-state index >= 15 is 0 Å². The number of aliphatic hydroxyl groups excluding tert-OH is 1. The Morgan fingerprint density at radius 2 is 1.95 bits per heavy atom. The molecule has 1 N–H and O–H groups in total. The topological polar surface area (TPSA) is 59.0 Å². The van der Waals surface area contributed by atoms with Crippen LogP contribution in [0, 0.1) is 0 Å². The first-order valence-corrected chi connectivity index (χ1v) is 6.34. The van der Waals surface area contributed by atoms with Gasteiger partial charge in [0.25, 0.3) is 5.91 Å². The van der Waals surface area contributed by atoms with Crippen LogP contribution in [0.5, 0.6) is 11.5 Å². The normalized spacial score (nSPS) is 22.7. The number of benzene rings is 1. The molecule has 5 nitrogen and oxygen atoms in total. The van der Waals surface area contributed by atoms with Crippen molar-refractivity contribution in [3.8, 4) is 11.5 Å². The van der Waals surface area contributed by atoms with E-state index in [1.807, 2.05) is 18.2 Å². The Balaban J connectivity index is 2.11. The molecule has 3 unspecified atom stereocenters. The summed E-state index contributed by atoms with van der Waals surface area (Å²) in [7, 11) is 1.64. The molecule has 104 valence electrons. The Hall–Kier alpha value is -1.75. The van der Waals surface area contributed by atoms with E-state index in [1.54, 1.807) is 27.0 Å². The molecule has 2 rings (SSSR count). The van der Waals surface area contributed by atoms with Crippen molar-refractivity contribution in [2.45, 2.75) is 32.2 Å². The van der Waals surface area contributed by atoms with Gasteiger partial charge in [-0.3, -0.25) is 4.79 Å². The molecule has 0 radical (unpaired) electrons. The maximum atomic E-state index is 12.3. The van der Waals surface area contributed by atoms with E-state index in [9.17, 15) is 9.90 Å². The van der Waals surface area contributed by atoms with Gasteiger partial charge in [-0.1, -0.05) is 12.1 Å². The molecule has 1 aromatic carbocycles. The molecular weight excluding hydrogens is 246 g/mol. The summed E-state index contributed by atoms with van der Waals surface area (Å²) in [5.41, 5.74) is 0. The molecule has 1 amide bonds. The minimum absolute atomic E-state index is 0.192. The SMILES string of the molecule is CC(O)CN(C)C(=O)C1Oc2ccccc2OC1C. The predicted molar refractivity (Wildman–Crippen MR) is 70.3 cm³/mol. The fourth-order valence-corrected chi connectivity index (χ4v) is 2.09. The molecule has 0 saturated carbocycles. The highest BCUT2D eigenvalue weighted by atomic mass is 16.6. The summed E-state index contributed by atoms with van der Waals surface area (Å²) in [5.74, 6) is 1.03. The van der Waals surface area contributed by atoms with E-state index in [0.717, 1.165) is 0 Å². The summed E-state index contributed by atoms with van der Waals surface area (Å²) >= 11 is 0. The van der Waals surface area contributed by atoms with Crippen molar-refractivity contribution < 1.29 is 19.4 Å². The largest absolute Gasteiger partial charge is 0.482 e. The van der Waals surface area contributed by atoms with Gasteiger partial charge in [0.15, 0.2) is 11.5 Å². The maximum Gasteiger partial charge on any atom is 0.267 e. The summed E-state index contributed by atoms with van der Waals surface area (Å²) in [6, 6.07) is 7.28. The number of aliphatic hydroxyl groups is 1. The van der Waals surface area contributed by atoms with Crippen LogP contribution >= 0.6 is 0 Å². The highest BCUT2D eigenvalue weighted by molar-refractivity contribution is 5.82. The van der Waals surface area contributed by atoms with Crippen LogP contribution in [0.4, 0.5) is 0 Å². The lowest BCUT2D eigenvalue weighted by molar-refractivity contribution is -0.144. The first-order chi connectivity index (χ1) is 8.99. The van der Waals surface area contributed by atoms with Gasteiger partial charge in [0.05, 0.1) is 6.10 Å². The molecule has 1 aromatic rings. The Bertz CT molecular complexity index is 461. The van der Waals surface area contributed by atoms with E-state index < -0.39 is 12.2 Å². The quantitative estimate of drug-likeness (QED) is 0.887. The Morgan fingerprint density at radius 3 is 2.53 bits per heavy atom. The van der Waals surface area contributed by atoms with Crippen LogP contribution in [0.15, 0.2) is 24.3 Å². The minimum Gasteiger partial charge on any atom is -0.482 e. The fourth-order valence-electron chi connectivity index (χ4n) is 2.09. The van der Waals surface area contributed by atoms with Crippen LogP contribution in [0.2, 0.25) is 0 Å². The number of hydrogen-bond donors (Lipinski definition) is 1. The number of para-hydroxylation sites is 2. The highest BCUT2D eigenvalue weighted by Gasteiger charge is 2.35. The van der Waals surface area contributed by atoms with Crippen molar-refractivity contribution in [1.29, 1.82) is 0 Å². The zero-order chi connectivity index (χ0) is 14.0. The van der Waals surface area contributed by atoms with Crippen molar-refractivity contribution in [1.82, 2.24) is 4.90 Å². The van der Waals surface area contributed by atoms with Gasteiger partial charge in [-0.2, -0.15) is 0 Å². The number of hydrogen-bond acceptors (Lipinski definition) is 4. The summed E-state index contributed by atoms with van der Waals surface area (Å²) < 4.78 is 11.4. The molecule has 5 heteroatoms. The van der Waals surface area contributed by atoms with E-state index in [-0.39, 0.29) is 18.6 Å². The van der Waals surface area contributed by atoms with Crippen molar-refractivity contribution in [3.63, 3.8) is 0 Å². The summed E-state index contributed by atoms with van der Waals surface area (Å²) in [6.45, 7) is 3.71. The van der Waals surface area contributed by atoms with Gasteiger partial charge < -0.3 is 19.5 Å². The molecule has 0 aromatic heterocycles. The third kappa shape index (κ3) is 2.98. The number of ether oxygens (including phenoxy) is 2. The summed E-state index contributed by atoms with van der Waals surface area (Å²) in [5, 5.41) is 9.33. The van der Waals surface area contributed by atoms with Gasteiger partial charge in [-0.15, -0.1) is 0 Å². The third-order valence-corrected chi connectivity index (χ3v) is 3.00. The number of likely N-dealkylation sites (N-methyl/N-ethyl adjacent to an activating group) is 1. The molecule has 0 saturated heterocycles. The number of carbonyl (C=O) groups is 1. The molecule has 3 atom stereocenters. The van der Waals surface area contributed by atoms with Crippen LogP contribution in [-0.2, 0) is 4.79 Å².